The molecule has 0 unspecified atom stereocenters. The largest absolute Gasteiger partial charge is 0.355 e. The van der Waals surface area contributed by atoms with Crippen LogP contribution in [0.15, 0.2) is 48.5 Å². The first-order chi connectivity index (χ1) is 11.8. The summed E-state index contributed by atoms with van der Waals surface area (Å²) in [6.07, 6.45) is 3.98. The summed E-state index contributed by atoms with van der Waals surface area (Å²) < 4.78 is 0. The predicted octanol–water partition coefficient (Wildman–Crippen LogP) is 2.70. The number of nitrogens with one attached hydrogen (secondary N) is 2. The zero-order valence-electron chi connectivity index (χ0n) is 13.3. The zero-order valence-corrected chi connectivity index (χ0v) is 13.3. The van der Waals surface area contributed by atoms with Crippen molar-refractivity contribution in [2.24, 2.45) is 0 Å². The molecule has 25 heavy (non-hydrogen) atoms. The summed E-state index contributed by atoms with van der Waals surface area (Å²) in [6.45, 7) is 0. The van der Waals surface area contributed by atoms with Crippen LogP contribution in [-0.4, -0.2) is 45.8 Å². The Labute approximate surface area is 164 Å². The van der Waals surface area contributed by atoms with Gasteiger partial charge < -0.3 is 9.97 Å². The van der Waals surface area contributed by atoms with Crippen LogP contribution < -0.4 is 0 Å². The summed E-state index contributed by atoms with van der Waals surface area (Å²) in [5.74, 6) is 0. The molecule has 0 saturated carbocycles. The Bertz CT molecular complexity index is 913. The number of fused-ring (bicyclic) bond motifs is 8. The molecule has 8 bridgehead atoms. The van der Waals surface area contributed by atoms with Gasteiger partial charge in [0.15, 0.2) is 0 Å². The third kappa shape index (κ3) is 3.52. The number of aromatic nitrogens is 4. The second-order valence-corrected chi connectivity index (χ2v) is 6.50. The molecule has 0 spiro atoms. The van der Waals surface area contributed by atoms with E-state index in [4.69, 9.17) is 9.97 Å². The van der Waals surface area contributed by atoms with E-state index in [1.54, 1.807) is 0 Å². The van der Waals surface area contributed by atoms with Crippen LogP contribution in [0.1, 0.15) is 22.8 Å². The minimum absolute atomic E-state index is 0. The Morgan fingerprint density at radius 3 is 1.08 bits per heavy atom. The Morgan fingerprint density at radius 1 is 0.520 bits per heavy atom. The fourth-order valence-corrected chi connectivity index (χ4v) is 3.44. The molecule has 3 aromatic heterocycles. The average Bonchev–Trinajstić information content (AvgIpc) is 3.32. The molecule has 0 saturated heterocycles. The molecule has 2 N–H and O–H groups in total. The van der Waals surface area contributed by atoms with Gasteiger partial charge in [-0.1, -0.05) is 0 Å². The van der Waals surface area contributed by atoms with Gasteiger partial charge in [0, 0.05) is 44.8 Å². The van der Waals surface area contributed by atoms with Crippen molar-refractivity contribution in [3.8, 4) is 0 Å². The van der Waals surface area contributed by atoms with Crippen molar-refractivity contribution in [3.63, 3.8) is 0 Å². The van der Waals surface area contributed by atoms with Crippen molar-refractivity contribution in [2.75, 3.05) is 0 Å². The standard InChI is InChI=1S/C20H18N4.In.3H/c1-2-14-10-16-5-6-18(23-16)12-20-8-7-19(24-20)11-17-4-3-15(22-17)9-13(1)21-14;;;;/h1-2,7-12,21,24H,3-6H2;;;;. The van der Waals surface area contributed by atoms with E-state index in [1.807, 2.05) is 0 Å². The van der Waals surface area contributed by atoms with Gasteiger partial charge in [-0.15, -0.1) is 0 Å². The third-order valence-electron chi connectivity index (χ3n) is 4.60. The third-order valence-corrected chi connectivity index (χ3v) is 4.60. The topological polar surface area (TPSA) is 57.4 Å². The predicted molar refractivity (Wildman–Crippen MR) is 106 cm³/mol. The summed E-state index contributed by atoms with van der Waals surface area (Å²) >= 11 is 0. The molecule has 5 heterocycles. The zero-order chi connectivity index (χ0) is 15.9. The Hall–Kier alpha value is -2.01. The van der Waals surface area contributed by atoms with E-state index in [2.05, 4.69) is 58.5 Å². The van der Waals surface area contributed by atoms with Crippen LogP contribution in [0.3, 0.4) is 0 Å². The van der Waals surface area contributed by atoms with Gasteiger partial charge in [0.2, 0.25) is 0 Å². The monoisotopic (exact) mass is 432 g/mol. The van der Waals surface area contributed by atoms with E-state index in [0.29, 0.717) is 0 Å². The molecule has 124 valence electrons. The maximum atomic E-state index is 4.76. The molecular formula is C20H21InN4. The maximum Gasteiger partial charge on any atom is 0.0431 e. The molecule has 0 fully saturated rings. The minimum Gasteiger partial charge on any atom is -0.355 e. The molecule has 4 nitrogen and oxygen atoms in total. The van der Waals surface area contributed by atoms with E-state index in [-0.39, 0.29) is 25.8 Å². The van der Waals surface area contributed by atoms with Crippen molar-refractivity contribution in [3.05, 3.63) is 71.3 Å². The van der Waals surface area contributed by atoms with Crippen molar-refractivity contribution in [2.45, 2.75) is 25.7 Å². The van der Waals surface area contributed by atoms with E-state index < -0.39 is 0 Å². The molecule has 3 aromatic rings. The van der Waals surface area contributed by atoms with Gasteiger partial charge in [0.1, 0.15) is 0 Å². The van der Waals surface area contributed by atoms with Crippen molar-refractivity contribution >= 4 is 47.9 Å². The molecule has 5 heteroatoms. The number of aromatic amines is 2. The summed E-state index contributed by atoms with van der Waals surface area (Å²) in [5, 5.41) is 0. The number of hydrogen-bond donors (Lipinski definition) is 2. The summed E-state index contributed by atoms with van der Waals surface area (Å²) in [5.41, 5.74) is 8.94. The fraction of sp³-hybridized carbons (Fsp3) is 0.200. The second kappa shape index (κ2) is 6.71. The molecule has 0 aliphatic carbocycles. The van der Waals surface area contributed by atoms with Gasteiger partial charge in [-0.2, -0.15) is 0 Å². The molecule has 2 aliphatic heterocycles. The number of nitrogens with zero attached hydrogens (tertiary/aromatic N) is 2. The average molecular weight is 432 g/mol. The van der Waals surface area contributed by atoms with Gasteiger partial charge in [-0.25, -0.2) is 0 Å². The summed E-state index contributed by atoms with van der Waals surface area (Å²) in [7, 11) is 0. The van der Waals surface area contributed by atoms with Gasteiger partial charge in [0.05, 0.1) is 0 Å². The van der Waals surface area contributed by atoms with Crippen LogP contribution in [0.25, 0.3) is 22.1 Å². The van der Waals surface area contributed by atoms with E-state index in [1.165, 1.54) is 0 Å². The van der Waals surface area contributed by atoms with E-state index >= 15 is 0 Å². The normalized spacial score (nSPS) is 13.4. The van der Waals surface area contributed by atoms with E-state index in [9.17, 15) is 0 Å². The summed E-state index contributed by atoms with van der Waals surface area (Å²) in [4.78, 5) is 16.4. The molecular weight excluding hydrogens is 411 g/mol. The SMILES string of the molecule is [InH3].c1cc2cc3nc(cc4ccc(cc5nc(cc1[nH]2)CC5)[nH]4)CC3. The summed E-state index contributed by atoms with van der Waals surface area (Å²) in [6, 6.07) is 17.0. The quantitative estimate of drug-likeness (QED) is 0.574. The van der Waals surface area contributed by atoms with E-state index in [0.717, 1.165) is 70.5 Å². The second-order valence-electron chi connectivity index (χ2n) is 6.50. The van der Waals surface area contributed by atoms with Crippen LogP contribution in [0.2, 0.25) is 0 Å². The van der Waals surface area contributed by atoms with Crippen molar-refractivity contribution in [1.82, 2.24) is 19.9 Å². The van der Waals surface area contributed by atoms with Crippen LogP contribution in [0.4, 0.5) is 0 Å². The molecule has 2 aliphatic rings. The van der Waals surface area contributed by atoms with Crippen LogP contribution in [0.5, 0.6) is 0 Å². The smallest absolute Gasteiger partial charge is 0.0431 e. The number of H-pyrrole nitrogens is 2. The number of hydrogen-bond acceptors (Lipinski definition) is 2. The minimum atomic E-state index is 0. The first kappa shape index (κ1) is 16.5. The molecule has 0 amide bonds. The maximum absolute atomic E-state index is 4.76. The van der Waals surface area contributed by atoms with Gasteiger partial charge in [-0.3, -0.25) is 9.97 Å². The molecule has 5 rings (SSSR count). The Kier molecular flexibility index (Phi) is 4.42. The van der Waals surface area contributed by atoms with Crippen LogP contribution in [0, 0.1) is 0 Å². The first-order valence-corrected chi connectivity index (χ1v) is 8.44. The van der Waals surface area contributed by atoms with Crippen molar-refractivity contribution in [1.29, 1.82) is 0 Å². The Morgan fingerprint density at radius 2 is 0.800 bits per heavy atom. The van der Waals surface area contributed by atoms with Crippen LogP contribution >= 0.6 is 0 Å². The number of aryl methyl sites for hydroxylation is 4. The van der Waals surface area contributed by atoms with Gasteiger partial charge in [0.25, 0.3) is 0 Å². The van der Waals surface area contributed by atoms with Gasteiger partial charge >= 0.3 is 25.8 Å². The van der Waals surface area contributed by atoms with Crippen molar-refractivity contribution < 1.29 is 0 Å². The molecule has 0 radical (unpaired) electrons. The number of rotatable bonds is 0. The van der Waals surface area contributed by atoms with Crippen LogP contribution in [-0.2, 0) is 25.7 Å². The Balaban J connectivity index is 0.00000157. The van der Waals surface area contributed by atoms with Gasteiger partial charge in [-0.05, 0) is 74.2 Å². The molecule has 0 atom stereocenters. The molecule has 0 aromatic carbocycles. The fourth-order valence-electron chi connectivity index (χ4n) is 3.44. The first-order valence-electron chi connectivity index (χ1n) is 8.44.